The summed E-state index contributed by atoms with van der Waals surface area (Å²) in [6.07, 6.45) is 6.22. The minimum absolute atomic E-state index is 0.104. The minimum atomic E-state index is -0.967. The summed E-state index contributed by atoms with van der Waals surface area (Å²) in [5, 5.41) is 13.5. The molecule has 1 saturated carbocycles. The molecule has 0 atom stereocenters. The van der Waals surface area contributed by atoms with Crippen LogP contribution in [0.3, 0.4) is 0 Å². The number of carboxylic acid groups (broad SMARTS) is 1. The van der Waals surface area contributed by atoms with E-state index in [-0.39, 0.29) is 23.3 Å². The smallest absolute Gasteiger partial charge is 0.339 e. The third-order valence-electron chi connectivity index (χ3n) is 6.57. The van der Waals surface area contributed by atoms with Crippen molar-refractivity contribution >= 4 is 11.9 Å². The fourth-order valence-electron chi connectivity index (χ4n) is 4.76. The van der Waals surface area contributed by atoms with Crippen molar-refractivity contribution in [2.45, 2.75) is 51.5 Å². The van der Waals surface area contributed by atoms with Gasteiger partial charge in [-0.25, -0.2) is 9.18 Å². The van der Waals surface area contributed by atoms with Crippen LogP contribution in [0.2, 0.25) is 0 Å². The second-order valence-electron chi connectivity index (χ2n) is 8.36. The van der Waals surface area contributed by atoms with Gasteiger partial charge in [0.2, 0.25) is 5.91 Å². The molecule has 29 heavy (non-hydrogen) atoms. The molecule has 1 aromatic heterocycles. The predicted octanol–water partition coefficient (Wildman–Crippen LogP) is 3.61. The van der Waals surface area contributed by atoms with Crippen molar-refractivity contribution < 1.29 is 19.1 Å². The number of nitrogens with zero attached hydrogens (tertiary/aromatic N) is 3. The lowest BCUT2D eigenvalue weighted by molar-refractivity contribution is -0.149. The summed E-state index contributed by atoms with van der Waals surface area (Å²) in [7, 11) is 0. The van der Waals surface area contributed by atoms with E-state index in [1.54, 1.807) is 17.7 Å². The molecular weight excluding hydrogens is 373 g/mol. The highest BCUT2D eigenvalue weighted by Gasteiger charge is 2.46. The van der Waals surface area contributed by atoms with Crippen molar-refractivity contribution in [1.29, 1.82) is 0 Å². The second kappa shape index (κ2) is 7.61. The maximum atomic E-state index is 13.6. The lowest BCUT2D eigenvalue weighted by Crippen LogP contribution is -2.51. The van der Waals surface area contributed by atoms with Crippen molar-refractivity contribution in [3.63, 3.8) is 0 Å². The Labute approximate surface area is 169 Å². The van der Waals surface area contributed by atoms with Crippen LogP contribution >= 0.6 is 0 Å². The summed E-state index contributed by atoms with van der Waals surface area (Å²) >= 11 is 0. The molecule has 1 saturated heterocycles. The molecule has 1 aromatic carbocycles. The van der Waals surface area contributed by atoms with Crippen LogP contribution in [0.1, 0.15) is 59.8 Å². The third-order valence-corrected chi connectivity index (χ3v) is 6.57. The molecule has 1 N–H and O–H groups in total. The molecule has 2 aliphatic rings. The highest BCUT2D eigenvalue weighted by Crippen LogP contribution is 2.46. The number of hydrogen-bond acceptors (Lipinski definition) is 3. The number of aromatic nitrogens is 2. The summed E-state index contributed by atoms with van der Waals surface area (Å²) in [6, 6.07) is 6.65. The van der Waals surface area contributed by atoms with Gasteiger partial charge in [0.05, 0.1) is 23.3 Å². The first kappa shape index (κ1) is 19.6. The van der Waals surface area contributed by atoms with Crippen molar-refractivity contribution in [2.24, 2.45) is 5.41 Å². The maximum Gasteiger partial charge on any atom is 0.339 e. The van der Waals surface area contributed by atoms with Crippen LogP contribution in [0.25, 0.3) is 0 Å². The number of rotatable bonds is 5. The van der Waals surface area contributed by atoms with E-state index >= 15 is 0 Å². The van der Waals surface area contributed by atoms with Crippen LogP contribution in [0, 0.1) is 18.2 Å². The Hall–Kier alpha value is -2.70. The summed E-state index contributed by atoms with van der Waals surface area (Å²) in [6.45, 7) is 3.04. The summed E-state index contributed by atoms with van der Waals surface area (Å²) < 4.78 is 15.4. The molecule has 0 spiro atoms. The SMILES string of the molecule is Cc1c(C(=O)O)cnn1C1CCN(C(=O)C2(Cc3cccc(F)c3)CCC2)CC1. The number of amides is 1. The van der Waals surface area contributed by atoms with Crippen molar-refractivity contribution in [3.8, 4) is 0 Å². The second-order valence-corrected chi connectivity index (χ2v) is 8.36. The fraction of sp³-hybridized carbons (Fsp3) is 0.500. The van der Waals surface area contributed by atoms with Gasteiger partial charge in [0.25, 0.3) is 0 Å². The topological polar surface area (TPSA) is 75.4 Å². The third kappa shape index (κ3) is 3.66. The molecule has 0 unspecified atom stereocenters. The summed E-state index contributed by atoms with van der Waals surface area (Å²) in [4.78, 5) is 26.5. The normalized spacial score (nSPS) is 19.0. The Morgan fingerprint density at radius 1 is 1.28 bits per heavy atom. The number of aromatic carboxylic acids is 1. The van der Waals surface area contributed by atoms with Crippen molar-refractivity contribution in [3.05, 3.63) is 53.1 Å². The van der Waals surface area contributed by atoms with Gasteiger partial charge >= 0.3 is 5.97 Å². The lowest BCUT2D eigenvalue weighted by Gasteiger charge is -2.45. The van der Waals surface area contributed by atoms with Gasteiger partial charge in [-0.15, -0.1) is 0 Å². The molecule has 4 rings (SSSR count). The van der Waals surface area contributed by atoms with E-state index < -0.39 is 11.4 Å². The van der Waals surface area contributed by atoms with Gasteiger partial charge < -0.3 is 10.0 Å². The molecule has 1 aliphatic heterocycles. The Morgan fingerprint density at radius 2 is 2.00 bits per heavy atom. The monoisotopic (exact) mass is 399 g/mol. The van der Waals surface area contributed by atoms with Crippen LogP contribution < -0.4 is 0 Å². The number of benzene rings is 1. The summed E-state index contributed by atoms with van der Waals surface area (Å²) in [5.74, 6) is -1.05. The first-order valence-electron chi connectivity index (χ1n) is 10.2. The zero-order valence-corrected chi connectivity index (χ0v) is 16.6. The van der Waals surface area contributed by atoms with Gasteiger partial charge in [-0.2, -0.15) is 5.10 Å². The first-order valence-corrected chi connectivity index (χ1v) is 10.2. The number of carboxylic acids is 1. The van der Waals surface area contributed by atoms with Crippen LogP contribution in [0.15, 0.2) is 30.5 Å². The lowest BCUT2D eigenvalue weighted by atomic mass is 9.64. The largest absolute Gasteiger partial charge is 0.478 e. The highest BCUT2D eigenvalue weighted by atomic mass is 19.1. The molecular formula is C22H26FN3O3. The molecule has 6 nitrogen and oxygen atoms in total. The van der Waals surface area contributed by atoms with Gasteiger partial charge in [0.15, 0.2) is 0 Å². The van der Waals surface area contributed by atoms with Gasteiger partial charge in [-0.3, -0.25) is 9.48 Å². The Balaban J connectivity index is 1.42. The van der Waals surface area contributed by atoms with Crippen molar-refractivity contribution in [2.75, 3.05) is 13.1 Å². The zero-order valence-electron chi connectivity index (χ0n) is 16.6. The van der Waals surface area contributed by atoms with Crippen LogP contribution in [-0.2, 0) is 11.2 Å². The highest BCUT2D eigenvalue weighted by molar-refractivity contribution is 5.88. The molecule has 2 fully saturated rings. The average Bonchev–Trinajstić information content (AvgIpc) is 3.06. The van der Waals surface area contributed by atoms with Crippen LogP contribution in [0.4, 0.5) is 4.39 Å². The molecule has 2 aromatic rings. The number of halogens is 1. The molecule has 154 valence electrons. The standard InChI is InChI=1S/C22H26FN3O3/c1-15-19(20(27)28)14-24-26(15)18-6-10-25(11-7-18)21(29)22(8-3-9-22)13-16-4-2-5-17(23)12-16/h2,4-5,12,14,18H,3,6-11,13H2,1H3,(H,27,28). The quantitative estimate of drug-likeness (QED) is 0.834. The van der Waals surface area contributed by atoms with E-state index in [4.69, 9.17) is 0 Å². The van der Waals surface area contributed by atoms with Crippen molar-refractivity contribution in [1.82, 2.24) is 14.7 Å². The Morgan fingerprint density at radius 3 is 2.55 bits per heavy atom. The molecule has 1 amide bonds. The average molecular weight is 399 g/mol. The van der Waals surface area contributed by atoms with Gasteiger partial charge in [0, 0.05) is 13.1 Å². The Kier molecular flexibility index (Phi) is 5.15. The van der Waals surface area contributed by atoms with E-state index in [1.807, 2.05) is 11.0 Å². The van der Waals surface area contributed by atoms with E-state index in [0.29, 0.717) is 25.2 Å². The van der Waals surface area contributed by atoms with Gasteiger partial charge in [-0.05, 0) is 56.7 Å². The molecule has 0 radical (unpaired) electrons. The van der Waals surface area contributed by atoms with E-state index in [9.17, 15) is 19.1 Å². The molecule has 2 heterocycles. The number of likely N-dealkylation sites (tertiary alicyclic amines) is 1. The fourth-order valence-corrected chi connectivity index (χ4v) is 4.76. The number of hydrogen-bond donors (Lipinski definition) is 1. The predicted molar refractivity (Wildman–Crippen MR) is 105 cm³/mol. The van der Waals surface area contributed by atoms with Crippen LogP contribution in [0.5, 0.6) is 0 Å². The molecule has 7 heteroatoms. The van der Waals surface area contributed by atoms with E-state index in [2.05, 4.69) is 5.10 Å². The molecule has 1 aliphatic carbocycles. The van der Waals surface area contributed by atoms with E-state index in [1.165, 1.54) is 18.3 Å². The zero-order chi connectivity index (χ0) is 20.6. The number of carbonyl (C=O) groups is 2. The number of carbonyl (C=O) groups excluding carboxylic acids is 1. The van der Waals surface area contributed by atoms with Gasteiger partial charge in [0.1, 0.15) is 11.4 Å². The number of piperidine rings is 1. The van der Waals surface area contributed by atoms with Crippen LogP contribution in [-0.4, -0.2) is 44.8 Å². The minimum Gasteiger partial charge on any atom is -0.478 e. The van der Waals surface area contributed by atoms with Gasteiger partial charge in [-0.1, -0.05) is 18.6 Å². The first-order chi connectivity index (χ1) is 13.9. The Bertz CT molecular complexity index is 927. The molecule has 0 bridgehead atoms. The summed E-state index contributed by atoms with van der Waals surface area (Å²) in [5.41, 5.74) is 1.36. The maximum absolute atomic E-state index is 13.6. The van der Waals surface area contributed by atoms with E-state index in [0.717, 1.165) is 37.7 Å².